The Morgan fingerprint density at radius 2 is 1.59 bits per heavy atom. The number of rotatable bonds is 3. The first-order chi connectivity index (χ1) is 10.8. The summed E-state index contributed by atoms with van der Waals surface area (Å²) in [5.74, 6) is 0.746. The summed E-state index contributed by atoms with van der Waals surface area (Å²) < 4.78 is 0. The third kappa shape index (κ3) is 3.55. The number of nitrogens with zero attached hydrogens (tertiary/aromatic N) is 2. The van der Waals surface area contributed by atoms with E-state index in [1.54, 1.807) is 0 Å². The summed E-state index contributed by atoms with van der Waals surface area (Å²) in [7, 11) is 0. The van der Waals surface area contributed by atoms with Gasteiger partial charge in [-0.25, -0.2) is 4.79 Å². The molecule has 0 unspecified atom stereocenters. The second-order valence-corrected chi connectivity index (χ2v) is 7.05. The molecule has 1 atom stereocenters. The summed E-state index contributed by atoms with van der Waals surface area (Å²) in [4.78, 5) is 28.4. The molecule has 124 valence electrons. The predicted molar refractivity (Wildman–Crippen MR) is 85.5 cm³/mol. The van der Waals surface area contributed by atoms with Crippen molar-refractivity contribution in [1.82, 2.24) is 15.1 Å². The Hall–Kier alpha value is -1.26. The molecule has 0 aromatic heterocycles. The minimum absolute atomic E-state index is 0.0272. The molecule has 5 nitrogen and oxygen atoms in total. The van der Waals surface area contributed by atoms with E-state index in [-0.39, 0.29) is 18.5 Å². The molecule has 0 aromatic rings. The Balaban J connectivity index is 1.48. The third-order valence-electron chi connectivity index (χ3n) is 5.60. The van der Waals surface area contributed by atoms with Gasteiger partial charge in [-0.3, -0.25) is 4.79 Å². The molecule has 3 amide bonds. The number of carbonyl (C=O) groups excluding carboxylic acids is 2. The van der Waals surface area contributed by atoms with Gasteiger partial charge >= 0.3 is 6.03 Å². The number of hydrogen-bond acceptors (Lipinski definition) is 2. The van der Waals surface area contributed by atoms with Crippen molar-refractivity contribution in [2.24, 2.45) is 5.92 Å². The Morgan fingerprint density at radius 3 is 2.32 bits per heavy atom. The van der Waals surface area contributed by atoms with E-state index in [4.69, 9.17) is 0 Å². The standard InChI is InChI=1S/C17H29N3O2/c21-16(19-10-4-5-11-19)13-18-17(22)20-12-6-9-15(20)14-7-2-1-3-8-14/h14-15H,1-13H2,(H,18,22)/t15-/m1/s1. The van der Waals surface area contributed by atoms with E-state index in [1.807, 2.05) is 9.80 Å². The maximum atomic E-state index is 12.5. The summed E-state index contributed by atoms with van der Waals surface area (Å²) in [6.07, 6.45) is 10.9. The predicted octanol–water partition coefficient (Wildman–Crippen LogP) is 2.36. The van der Waals surface area contributed by atoms with E-state index in [2.05, 4.69) is 5.32 Å². The summed E-state index contributed by atoms with van der Waals surface area (Å²) in [6.45, 7) is 2.71. The first-order valence-corrected chi connectivity index (χ1v) is 9.08. The van der Waals surface area contributed by atoms with Crippen molar-refractivity contribution in [1.29, 1.82) is 0 Å². The molecule has 2 saturated heterocycles. The lowest BCUT2D eigenvalue weighted by Crippen LogP contribution is -2.48. The maximum Gasteiger partial charge on any atom is 0.318 e. The first-order valence-electron chi connectivity index (χ1n) is 9.08. The van der Waals surface area contributed by atoms with Gasteiger partial charge in [0.1, 0.15) is 0 Å². The van der Waals surface area contributed by atoms with Gasteiger partial charge in [0.15, 0.2) is 0 Å². The minimum atomic E-state index is -0.0272. The molecule has 1 saturated carbocycles. The van der Waals surface area contributed by atoms with Gasteiger partial charge in [-0.1, -0.05) is 19.3 Å². The zero-order valence-electron chi connectivity index (χ0n) is 13.6. The lowest BCUT2D eigenvalue weighted by Gasteiger charge is -2.34. The molecule has 1 aliphatic carbocycles. The van der Waals surface area contributed by atoms with Crippen LogP contribution in [0.5, 0.6) is 0 Å². The maximum absolute atomic E-state index is 12.5. The fourth-order valence-electron chi connectivity index (χ4n) is 4.38. The minimum Gasteiger partial charge on any atom is -0.341 e. The van der Waals surface area contributed by atoms with E-state index in [0.717, 1.165) is 45.3 Å². The second-order valence-electron chi connectivity index (χ2n) is 7.05. The second kappa shape index (κ2) is 7.34. The Morgan fingerprint density at radius 1 is 0.864 bits per heavy atom. The van der Waals surface area contributed by atoms with Crippen molar-refractivity contribution in [2.75, 3.05) is 26.2 Å². The smallest absolute Gasteiger partial charge is 0.318 e. The fraction of sp³-hybridized carbons (Fsp3) is 0.882. The van der Waals surface area contributed by atoms with Crippen LogP contribution in [0.1, 0.15) is 57.8 Å². The summed E-state index contributed by atoms with van der Waals surface area (Å²) in [6, 6.07) is 0.378. The normalized spacial score (nSPS) is 26.5. The van der Waals surface area contributed by atoms with Gasteiger partial charge in [0.25, 0.3) is 0 Å². The van der Waals surface area contributed by atoms with Gasteiger partial charge < -0.3 is 15.1 Å². The quantitative estimate of drug-likeness (QED) is 0.870. The van der Waals surface area contributed by atoms with E-state index in [9.17, 15) is 9.59 Å². The summed E-state index contributed by atoms with van der Waals surface area (Å²) in [5.41, 5.74) is 0. The third-order valence-corrected chi connectivity index (χ3v) is 5.60. The molecule has 0 bridgehead atoms. The van der Waals surface area contributed by atoms with Gasteiger partial charge in [-0.2, -0.15) is 0 Å². The molecule has 5 heteroatoms. The number of likely N-dealkylation sites (tertiary alicyclic amines) is 2. The van der Waals surface area contributed by atoms with E-state index < -0.39 is 0 Å². The molecule has 22 heavy (non-hydrogen) atoms. The van der Waals surface area contributed by atoms with Crippen LogP contribution in [-0.2, 0) is 4.79 Å². The van der Waals surface area contributed by atoms with Gasteiger partial charge in [0.2, 0.25) is 5.91 Å². The first kappa shape index (κ1) is 15.6. The highest BCUT2D eigenvalue weighted by atomic mass is 16.2. The van der Waals surface area contributed by atoms with Crippen LogP contribution in [-0.4, -0.2) is 54.0 Å². The average Bonchev–Trinajstić information content (AvgIpc) is 3.24. The number of amides is 3. The van der Waals surface area contributed by atoms with E-state index >= 15 is 0 Å². The Kier molecular flexibility index (Phi) is 5.21. The highest BCUT2D eigenvalue weighted by Crippen LogP contribution is 2.34. The number of nitrogens with one attached hydrogen (secondary N) is 1. The largest absolute Gasteiger partial charge is 0.341 e. The van der Waals surface area contributed by atoms with E-state index in [1.165, 1.54) is 32.1 Å². The monoisotopic (exact) mass is 307 g/mol. The van der Waals surface area contributed by atoms with Crippen molar-refractivity contribution in [3.63, 3.8) is 0 Å². The summed E-state index contributed by atoms with van der Waals surface area (Å²) in [5, 5.41) is 2.87. The average molecular weight is 307 g/mol. The van der Waals surface area contributed by atoms with Gasteiger partial charge in [0.05, 0.1) is 6.54 Å². The van der Waals surface area contributed by atoms with Gasteiger partial charge in [-0.15, -0.1) is 0 Å². The van der Waals surface area contributed by atoms with Crippen LogP contribution in [0.25, 0.3) is 0 Å². The number of carbonyl (C=O) groups is 2. The van der Waals surface area contributed by atoms with Gasteiger partial charge in [-0.05, 0) is 44.4 Å². The Bertz CT molecular complexity index is 401. The zero-order chi connectivity index (χ0) is 15.4. The van der Waals surface area contributed by atoms with Crippen LogP contribution in [0, 0.1) is 5.92 Å². The molecular weight excluding hydrogens is 278 g/mol. The van der Waals surface area contributed by atoms with Crippen LogP contribution >= 0.6 is 0 Å². The molecule has 0 aromatic carbocycles. The van der Waals surface area contributed by atoms with Crippen LogP contribution in [0.3, 0.4) is 0 Å². The molecule has 1 N–H and O–H groups in total. The highest BCUT2D eigenvalue weighted by Gasteiger charge is 2.35. The van der Waals surface area contributed by atoms with Crippen molar-refractivity contribution in [3.05, 3.63) is 0 Å². The molecule has 3 rings (SSSR count). The molecular formula is C17H29N3O2. The molecule has 0 spiro atoms. The lowest BCUT2D eigenvalue weighted by molar-refractivity contribution is -0.129. The van der Waals surface area contributed by atoms with Crippen molar-refractivity contribution in [3.8, 4) is 0 Å². The van der Waals surface area contributed by atoms with E-state index in [0.29, 0.717) is 12.0 Å². The fourth-order valence-corrected chi connectivity index (χ4v) is 4.38. The van der Waals surface area contributed by atoms with Crippen LogP contribution < -0.4 is 5.32 Å². The van der Waals surface area contributed by atoms with Crippen molar-refractivity contribution >= 4 is 11.9 Å². The van der Waals surface area contributed by atoms with Crippen LogP contribution in [0.4, 0.5) is 4.79 Å². The molecule has 2 heterocycles. The molecule has 0 radical (unpaired) electrons. The molecule has 3 fully saturated rings. The number of urea groups is 1. The lowest BCUT2D eigenvalue weighted by atomic mass is 9.83. The molecule has 2 aliphatic heterocycles. The van der Waals surface area contributed by atoms with Gasteiger partial charge in [0, 0.05) is 25.7 Å². The SMILES string of the molecule is O=C(CNC(=O)N1CCC[C@@H]1C1CCCCC1)N1CCCC1. The Labute approximate surface area is 133 Å². The topological polar surface area (TPSA) is 52.7 Å². The number of hydrogen-bond donors (Lipinski definition) is 1. The van der Waals surface area contributed by atoms with Crippen LogP contribution in [0.15, 0.2) is 0 Å². The zero-order valence-corrected chi connectivity index (χ0v) is 13.6. The van der Waals surface area contributed by atoms with Crippen LogP contribution in [0.2, 0.25) is 0 Å². The van der Waals surface area contributed by atoms with Crippen molar-refractivity contribution < 1.29 is 9.59 Å². The summed E-state index contributed by atoms with van der Waals surface area (Å²) >= 11 is 0. The van der Waals surface area contributed by atoms with Crippen molar-refractivity contribution in [2.45, 2.75) is 63.8 Å². The highest BCUT2D eigenvalue weighted by molar-refractivity contribution is 5.84. The molecule has 3 aliphatic rings.